The Morgan fingerprint density at radius 1 is 0.947 bits per heavy atom. The van der Waals surface area contributed by atoms with Crippen LogP contribution in [0.2, 0.25) is 0 Å². The highest BCUT2D eigenvalue weighted by Gasteiger charge is 2.42. The molecule has 4 rings (SSSR count). The van der Waals surface area contributed by atoms with Crippen molar-refractivity contribution >= 4 is 23.4 Å². The highest BCUT2D eigenvalue weighted by Crippen LogP contribution is 2.42. The summed E-state index contributed by atoms with van der Waals surface area (Å²) in [6.45, 7) is 5.61. The van der Waals surface area contributed by atoms with Gasteiger partial charge in [-0.05, 0) is 63.0 Å². The first kappa shape index (κ1) is 28.7. The molecule has 6 atom stereocenters. The zero-order valence-electron chi connectivity index (χ0n) is 23.5. The molecular formula is C31H49N3O4. The Morgan fingerprint density at radius 2 is 1.71 bits per heavy atom. The van der Waals surface area contributed by atoms with E-state index in [0.717, 1.165) is 63.1 Å². The van der Waals surface area contributed by atoms with E-state index in [1.807, 2.05) is 24.3 Å². The number of carboxylic acids is 1. The summed E-state index contributed by atoms with van der Waals surface area (Å²) in [4.78, 5) is 29.2. The molecule has 1 amide bonds. The second-order valence-corrected chi connectivity index (χ2v) is 12.0. The smallest absolute Gasteiger partial charge is 0.409 e. The van der Waals surface area contributed by atoms with Crippen molar-refractivity contribution < 1.29 is 19.8 Å². The predicted molar refractivity (Wildman–Crippen MR) is 153 cm³/mol. The monoisotopic (exact) mass is 527 g/mol. The number of nitrogens with zero attached hydrogens (tertiary/aromatic N) is 2. The van der Waals surface area contributed by atoms with Gasteiger partial charge in [-0.15, -0.1) is 0 Å². The Hall–Kier alpha value is -2.28. The fraction of sp³-hybridized carbons (Fsp3) is 0.742. The zero-order valence-corrected chi connectivity index (χ0v) is 23.5. The van der Waals surface area contributed by atoms with E-state index < -0.39 is 18.0 Å². The molecule has 0 spiro atoms. The van der Waals surface area contributed by atoms with Gasteiger partial charge < -0.3 is 15.1 Å². The maximum atomic E-state index is 12.4. The molecule has 7 nitrogen and oxygen atoms in total. The first-order chi connectivity index (χ1) is 18.4. The Kier molecular flexibility index (Phi) is 10.3. The van der Waals surface area contributed by atoms with Crippen LogP contribution in [0, 0.1) is 11.8 Å². The molecule has 1 saturated heterocycles. The number of hydrogen-bond donors (Lipinski definition) is 3. The van der Waals surface area contributed by atoms with Crippen LogP contribution in [0.3, 0.4) is 0 Å². The molecule has 2 saturated carbocycles. The quantitative estimate of drug-likeness (QED) is 0.297. The average molecular weight is 528 g/mol. The summed E-state index contributed by atoms with van der Waals surface area (Å²) in [5.74, 6) is -0.310. The SMILES string of the molecule is CCC[C@@H]1CCC[C@@H](N2CCC(N(c3ccccc3NC(=O)O)C3CCCC[C@H]3C(=O)O)C[C@@H]2CCC)C1. The van der Waals surface area contributed by atoms with Gasteiger partial charge >= 0.3 is 12.1 Å². The van der Waals surface area contributed by atoms with E-state index in [2.05, 4.69) is 29.0 Å². The number of carbonyl (C=O) groups is 2. The van der Waals surface area contributed by atoms with Crippen molar-refractivity contribution in [1.82, 2.24) is 4.90 Å². The number of aliphatic carboxylic acids is 1. The molecule has 1 aliphatic heterocycles. The van der Waals surface area contributed by atoms with Crippen molar-refractivity contribution in [2.75, 3.05) is 16.8 Å². The van der Waals surface area contributed by atoms with Gasteiger partial charge in [0.05, 0.1) is 17.3 Å². The molecule has 0 aromatic heterocycles. The van der Waals surface area contributed by atoms with E-state index >= 15 is 0 Å². The molecule has 0 bridgehead atoms. The number of amides is 1. The van der Waals surface area contributed by atoms with Crippen molar-refractivity contribution in [3.8, 4) is 0 Å². The first-order valence-corrected chi connectivity index (χ1v) is 15.3. The first-order valence-electron chi connectivity index (χ1n) is 15.3. The Balaban J connectivity index is 1.64. The molecule has 1 aromatic rings. The number of rotatable bonds is 10. The minimum absolute atomic E-state index is 0.125. The van der Waals surface area contributed by atoms with Crippen LogP contribution >= 0.6 is 0 Å². The lowest BCUT2D eigenvalue weighted by atomic mass is 9.79. The van der Waals surface area contributed by atoms with E-state index in [-0.39, 0.29) is 12.1 Å². The van der Waals surface area contributed by atoms with Crippen LogP contribution in [0.1, 0.15) is 104 Å². The van der Waals surface area contributed by atoms with E-state index in [1.165, 1.54) is 38.5 Å². The second kappa shape index (κ2) is 13.7. The third-order valence-corrected chi connectivity index (χ3v) is 9.50. The topological polar surface area (TPSA) is 93.1 Å². The van der Waals surface area contributed by atoms with E-state index in [0.29, 0.717) is 24.2 Å². The van der Waals surface area contributed by atoms with Gasteiger partial charge in [0.15, 0.2) is 0 Å². The molecule has 0 radical (unpaired) electrons. The summed E-state index contributed by atoms with van der Waals surface area (Å²) in [5, 5.41) is 22.4. The molecule has 3 N–H and O–H groups in total. The Bertz CT molecular complexity index is 922. The maximum Gasteiger partial charge on any atom is 0.409 e. The van der Waals surface area contributed by atoms with Gasteiger partial charge in [-0.2, -0.15) is 0 Å². The van der Waals surface area contributed by atoms with Crippen molar-refractivity contribution in [3.63, 3.8) is 0 Å². The third-order valence-electron chi connectivity index (χ3n) is 9.50. The third kappa shape index (κ3) is 6.83. The molecule has 1 heterocycles. The molecule has 38 heavy (non-hydrogen) atoms. The van der Waals surface area contributed by atoms with Crippen LogP contribution in [0.25, 0.3) is 0 Å². The van der Waals surface area contributed by atoms with Crippen LogP contribution in [0.5, 0.6) is 0 Å². The van der Waals surface area contributed by atoms with Gasteiger partial charge in [0.2, 0.25) is 0 Å². The van der Waals surface area contributed by atoms with Crippen LogP contribution < -0.4 is 10.2 Å². The van der Waals surface area contributed by atoms with E-state index in [1.54, 1.807) is 0 Å². The number of piperidine rings is 1. The molecule has 3 aliphatic rings. The van der Waals surface area contributed by atoms with Crippen LogP contribution in [0.15, 0.2) is 24.3 Å². The summed E-state index contributed by atoms with van der Waals surface area (Å²) in [6, 6.07) is 8.80. The average Bonchev–Trinajstić information content (AvgIpc) is 2.90. The molecule has 3 fully saturated rings. The number of nitrogens with one attached hydrogen (secondary N) is 1. The molecule has 1 aromatic carbocycles. The minimum atomic E-state index is -1.09. The standard InChI is InChI=1S/C31H49N3O4/c1-3-10-22-12-9-13-24(20-22)33-19-18-25(21-23(33)11-4-2)34(28-16-7-5-14-26(28)30(35)36)29-17-8-6-15-27(29)32-31(37)38/h6,8,15,17,22-26,28,32H,3-5,7,9-14,16,18-21H2,1-2H3,(H,35,36)(H,37,38)/t22-,23+,24-,25?,26-,28?/m1/s1. The van der Waals surface area contributed by atoms with Gasteiger partial charge in [-0.25, -0.2) is 4.79 Å². The number of anilines is 2. The molecular weight excluding hydrogens is 478 g/mol. The summed E-state index contributed by atoms with van der Waals surface area (Å²) in [7, 11) is 0. The summed E-state index contributed by atoms with van der Waals surface area (Å²) in [6.07, 6.45) is 14.6. The minimum Gasteiger partial charge on any atom is -0.481 e. The normalized spacial score (nSPS) is 30.5. The highest BCUT2D eigenvalue weighted by molar-refractivity contribution is 5.89. The van der Waals surface area contributed by atoms with Crippen LogP contribution in [0.4, 0.5) is 16.2 Å². The zero-order chi connectivity index (χ0) is 27.1. The molecule has 2 aliphatic carbocycles. The summed E-state index contributed by atoms with van der Waals surface area (Å²) >= 11 is 0. The predicted octanol–water partition coefficient (Wildman–Crippen LogP) is 7.22. The van der Waals surface area contributed by atoms with Crippen LogP contribution in [-0.4, -0.2) is 57.9 Å². The Labute approximate surface area is 229 Å². The van der Waals surface area contributed by atoms with E-state index in [9.17, 15) is 19.8 Å². The van der Waals surface area contributed by atoms with Gasteiger partial charge in [0, 0.05) is 30.7 Å². The maximum absolute atomic E-state index is 12.4. The van der Waals surface area contributed by atoms with Crippen molar-refractivity contribution in [2.24, 2.45) is 11.8 Å². The van der Waals surface area contributed by atoms with Gasteiger partial charge in [0.25, 0.3) is 0 Å². The lowest BCUT2D eigenvalue weighted by Crippen LogP contribution is -2.58. The van der Waals surface area contributed by atoms with E-state index in [4.69, 9.17) is 0 Å². The van der Waals surface area contributed by atoms with Crippen molar-refractivity contribution in [2.45, 2.75) is 128 Å². The Morgan fingerprint density at radius 3 is 2.45 bits per heavy atom. The molecule has 212 valence electrons. The number of carboxylic acid groups (broad SMARTS) is 2. The number of likely N-dealkylation sites (tertiary alicyclic amines) is 1. The molecule has 7 heteroatoms. The second-order valence-electron chi connectivity index (χ2n) is 12.0. The number of hydrogen-bond acceptors (Lipinski definition) is 4. The number of benzene rings is 1. The van der Waals surface area contributed by atoms with Gasteiger partial charge in [-0.3, -0.25) is 15.0 Å². The summed E-state index contributed by atoms with van der Waals surface area (Å²) in [5.41, 5.74) is 1.39. The van der Waals surface area contributed by atoms with Crippen molar-refractivity contribution in [1.29, 1.82) is 0 Å². The highest BCUT2D eigenvalue weighted by atomic mass is 16.4. The van der Waals surface area contributed by atoms with Crippen molar-refractivity contribution in [3.05, 3.63) is 24.3 Å². The van der Waals surface area contributed by atoms with Gasteiger partial charge in [0.1, 0.15) is 0 Å². The largest absolute Gasteiger partial charge is 0.481 e. The lowest BCUT2D eigenvalue weighted by Gasteiger charge is -2.52. The number of para-hydroxylation sites is 2. The van der Waals surface area contributed by atoms with Gasteiger partial charge in [-0.1, -0.05) is 70.9 Å². The molecule has 2 unspecified atom stereocenters. The fourth-order valence-corrected chi connectivity index (χ4v) is 7.93. The lowest BCUT2D eigenvalue weighted by molar-refractivity contribution is -0.143. The summed E-state index contributed by atoms with van der Waals surface area (Å²) < 4.78 is 0. The van der Waals surface area contributed by atoms with Crippen LogP contribution in [-0.2, 0) is 4.79 Å². The fourth-order valence-electron chi connectivity index (χ4n) is 7.93.